The molecule has 0 amide bonds. The number of nitrogens with zero attached hydrogens (tertiary/aromatic N) is 2. The highest BCUT2D eigenvalue weighted by Crippen LogP contribution is 2.60. The van der Waals surface area contributed by atoms with Crippen LogP contribution in [0.4, 0.5) is 13.2 Å². The zero-order valence-electron chi connectivity index (χ0n) is 19.1. The average molecular weight is 452 g/mol. The Morgan fingerprint density at radius 1 is 0.812 bits per heavy atom. The Hall–Kier alpha value is -0.620. The molecular formula is C26H38F3N2O+. The molecule has 0 aromatic carbocycles. The van der Waals surface area contributed by atoms with E-state index in [2.05, 4.69) is 9.48 Å². The summed E-state index contributed by atoms with van der Waals surface area (Å²) in [7, 11) is 0. The molecule has 178 valence electrons. The van der Waals surface area contributed by atoms with Crippen LogP contribution in [0.2, 0.25) is 0 Å². The molecule has 0 radical (unpaired) electrons. The summed E-state index contributed by atoms with van der Waals surface area (Å²) in [5, 5.41) is 0. The summed E-state index contributed by atoms with van der Waals surface area (Å²) in [6.45, 7) is 4.49. The predicted octanol–water partition coefficient (Wildman–Crippen LogP) is 4.74. The van der Waals surface area contributed by atoms with Crippen molar-refractivity contribution in [3.63, 3.8) is 0 Å². The van der Waals surface area contributed by atoms with Crippen LogP contribution in [0.3, 0.4) is 0 Å². The second-order valence-corrected chi connectivity index (χ2v) is 12.2. The van der Waals surface area contributed by atoms with Crippen molar-refractivity contribution < 1.29 is 22.5 Å². The smallest absolute Gasteiger partial charge is 0.373 e. The quantitative estimate of drug-likeness (QED) is 0.495. The lowest BCUT2D eigenvalue weighted by Crippen LogP contribution is -2.68. The topological polar surface area (TPSA) is 15.5 Å². The van der Waals surface area contributed by atoms with Crippen LogP contribution < -0.4 is 0 Å². The van der Waals surface area contributed by atoms with Gasteiger partial charge in [-0.3, -0.25) is 4.90 Å². The minimum Gasteiger partial charge on any atom is -0.373 e. The lowest BCUT2D eigenvalue weighted by atomic mass is 9.54. The Labute approximate surface area is 189 Å². The fourth-order valence-corrected chi connectivity index (χ4v) is 10.1. The molecule has 7 rings (SSSR count). The van der Waals surface area contributed by atoms with Crippen molar-refractivity contribution in [3.8, 4) is 0 Å². The van der Waals surface area contributed by atoms with Gasteiger partial charge < -0.3 is 4.74 Å². The van der Waals surface area contributed by atoms with E-state index in [-0.39, 0.29) is 30.0 Å². The summed E-state index contributed by atoms with van der Waals surface area (Å²) in [5.74, 6) is -0.418. The van der Waals surface area contributed by atoms with Gasteiger partial charge in [0.05, 0.1) is 24.0 Å². The number of rotatable bonds is 0. The van der Waals surface area contributed by atoms with Crippen molar-refractivity contribution in [1.82, 2.24) is 4.90 Å². The summed E-state index contributed by atoms with van der Waals surface area (Å²) in [4.78, 5) is 2.63. The maximum absolute atomic E-state index is 14.9. The lowest BCUT2D eigenvalue weighted by molar-refractivity contribution is -0.545. The molecule has 2 saturated carbocycles. The van der Waals surface area contributed by atoms with Gasteiger partial charge in [-0.25, -0.2) is 4.58 Å². The van der Waals surface area contributed by atoms with Gasteiger partial charge in [0.1, 0.15) is 13.1 Å². The minimum atomic E-state index is -4.11. The standard InChI is InChI=1S/C26H38F3N2O/c27-26(28,29)21-19-13-15-5-1-9-30-11-3-7-17(22(15)30)24(19)32-25-18-8-4-12-31-10-2-6-16(23(18)31)14-20(21)25/h15-22,24-25H,1-14H2/q+1. The van der Waals surface area contributed by atoms with Gasteiger partial charge in [-0.1, -0.05) is 0 Å². The number of alkyl halides is 3. The summed E-state index contributed by atoms with van der Waals surface area (Å²) in [5.41, 5.74) is 1.50. The maximum Gasteiger partial charge on any atom is 0.392 e. The largest absolute Gasteiger partial charge is 0.392 e. The molecule has 3 nitrogen and oxygen atoms in total. The van der Waals surface area contributed by atoms with Crippen molar-refractivity contribution in [2.45, 2.75) is 88.6 Å². The fourth-order valence-electron chi connectivity index (χ4n) is 10.1. The third-order valence-corrected chi connectivity index (χ3v) is 10.8. The van der Waals surface area contributed by atoms with E-state index in [0.29, 0.717) is 30.2 Å². The van der Waals surface area contributed by atoms with Crippen molar-refractivity contribution in [3.05, 3.63) is 0 Å². The Kier molecular flexibility index (Phi) is 4.82. The third-order valence-electron chi connectivity index (χ3n) is 10.8. The van der Waals surface area contributed by atoms with E-state index in [4.69, 9.17) is 4.74 Å². The zero-order valence-corrected chi connectivity index (χ0v) is 19.1. The SMILES string of the molecule is FC(F)(F)C1C2CC3CCC[N+]4=C3C(CCC4)C2OC2C3CCCN4CCCC(CC21)C34. The first-order chi connectivity index (χ1) is 15.5. The summed E-state index contributed by atoms with van der Waals surface area (Å²) in [6.07, 6.45) is 5.82. The molecule has 10 unspecified atom stereocenters. The van der Waals surface area contributed by atoms with Crippen LogP contribution in [-0.2, 0) is 4.74 Å². The molecular weight excluding hydrogens is 413 g/mol. The van der Waals surface area contributed by atoms with E-state index >= 15 is 0 Å². The summed E-state index contributed by atoms with van der Waals surface area (Å²) < 4.78 is 54.2. The predicted molar refractivity (Wildman–Crippen MR) is 116 cm³/mol. The van der Waals surface area contributed by atoms with E-state index in [9.17, 15) is 13.2 Å². The molecule has 6 heteroatoms. The van der Waals surface area contributed by atoms with Crippen LogP contribution in [0.5, 0.6) is 0 Å². The van der Waals surface area contributed by atoms with Crippen LogP contribution in [0.25, 0.3) is 0 Å². The highest BCUT2D eigenvalue weighted by atomic mass is 19.4. The van der Waals surface area contributed by atoms with Gasteiger partial charge in [-0.15, -0.1) is 0 Å². The first-order valence-corrected chi connectivity index (χ1v) is 13.6. The molecule has 5 fully saturated rings. The highest BCUT2D eigenvalue weighted by molar-refractivity contribution is 5.86. The van der Waals surface area contributed by atoms with Crippen LogP contribution in [-0.4, -0.2) is 65.8 Å². The molecule has 3 saturated heterocycles. The number of hydrogen-bond donors (Lipinski definition) is 0. The van der Waals surface area contributed by atoms with Crippen LogP contribution in [0, 0.1) is 41.4 Å². The van der Waals surface area contributed by atoms with Crippen molar-refractivity contribution >= 4 is 5.71 Å². The molecule has 0 aromatic heterocycles. The van der Waals surface area contributed by atoms with Crippen molar-refractivity contribution in [2.24, 2.45) is 41.4 Å². The normalized spacial score (nSPS) is 50.7. The number of halogens is 3. The molecule has 0 N–H and O–H groups in total. The lowest BCUT2D eigenvalue weighted by Gasteiger charge is -2.62. The molecule has 5 aliphatic heterocycles. The Balaban J connectivity index is 1.30. The maximum atomic E-state index is 14.9. The molecule has 10 atom stereocenters. The molecule has 0 aromatic rings. The fraction of sp³-hybridized carbons (Fsp3) is 0.962. The second-order valence-electron chi connectivity index (χ2n) is 12.2. The van der Waals surface area contributed by atoms with E-state index in [1.54, 1.807) is 0 Å². The molecule has 0 bridgehead atoms. The monoisotopic (exact) mass is 451 g/mol. The van der Waals surface area contributed by atoms with E-state index in [0.717, 1.165) is 84.0 Å². The number of hydrogen-bond acceptors (Lipinski definition) is 2. The zero-order chi connectivity index (χ0) is 21.6. The number of fused-ring (bicyclic) bond motifs is 4. The molecule has 32 heavy (non-hydrogen) atoms. The number of ether oxygens (including phenoxy) is 1. The first-order valence-electron chi connectivity index (χ1n) is 13.6. The van der Waals surface area contributed by atoms with Crippen LogP contribution in [0.15, 0.2) is 0 Å². The first kappa shape index (κ1) is 20.7. The second kappa shape index (κ2) is 7.44. The van der Waals surface area contributed by atoms with Crippen molar-refractivity contribution in [2.75, 3.05) is 26.2 Å². The Bertz CT molecular complexity index is 790. The van der Waals surface area contributed by atoms with Crippen LogP contribution in [0.1, 0.15) is 64.2 Å². The molecule has 7 aliphatic rings. The van der Waals surface area contributed by atoms with Gasteiger partial charge in [0, 0.05) is 30.7 Å². The third kappa shape index (κ3) is 2.96. The van der Waals surface area contributed by atoms with Gasteiger partial charge in [0.15, 0.2) is 5.71 Å². The highest BCUT2D eigenvalue weighted by Gasteiger charge is 2.66. The molecule has 0 spiro atoms. The Morgan fingerprint density at radius 3 is 2.38 bits per heavy atom. The Morgan fingerprint density at radius 2 is 1.56 bits per heavy atom. The molecule has 2 aliphatic carbocycles. The average Bonchev–Trinajstić information content (AvgIpc) is 2.78. The van der Waals surface area contributed by atoms with Crippen LogP contribution >= 0.6 is 0 Å². The van der Waals surface area contributed by atoms with E-state index < -0.39 is 12.1 Å². The van der Waals surface area contributed by atoms with Gasteiger partial charge in [0.25, 0.3) is 0 Å². The van der Waals surface area contributed by atoms with E-state index in [1.807, 2.05) is 0 Å². The minimum absolute atomic E-state index is 0.179. The number of piperidine rings is 2. The van der Waals surface area contributed by atoms with Gasteiger partial charge in [-0.2, -0.15) is 13.2 Å². The molecule has 5 heterocycles. The van der Waals surface area contributed by atoms with Gasteiger partial charge in [0.2, 0.25) is 0 Å². The van der Waals surface area contributed by atoms with Gasteiger partial charge >= 0.3 is 6.18 Å². The summed E-state index contributed by atoms with van der Waals surface area (Å²) in [6, 6.07) is 0.478. The van der Waals surface area contributed by atoms with E-state index in [1.165, 1.54) is 5.71 Å². The van der Waals surface area contributed by atoms with Crippen molar-refractivity contribution in [1.29, 1.82) is 0 Å². The summed E-state index contributed by atoms with van der Waals surface area (Å²) >= 11 is 0. The van der Waals surface area contributed by atoms with Gasteiger partial charge in [-0.05, 0) is 82.2 Å².